The van der Waals surface area contributed by atoms with E-state index in [1.807, 2.05) is 17.6 Å². The molecule has 76 valence electrons. The number of nitro groups is 1. The number of aromatic hydroxyl groups is 1. The lowest BCUT2D eigenvalue weighted by Crippen LogP contribution is -2.07. The van der Waals surface area contributed by atoms with E-state index in [2.05, 4.69) is 0 Å². The van der Waals surface area contributed by atoms with Gasteiger partial charge in [-0.2, -0.15) is 0 Å². The summed E-state index contributed by atoms with van der Waals surface area (Å²) in [4.78, 5) is 10.2. The highest BCUT2D eigenvalue weighted by Gasteiger charge is 2.08. The maximum absolute atomic E-state index is 10.2. The Bertz CT molecular complexity index is 525. The number of nitrogens with one attached hydrogen (secondary N) is 1. The van der Waals surface area contributed by atoms with Crippen molar-refractivity contribution in [3.8, 4) is 5.75 Å². The Labute approximate surface area is 85.1 Å². The van der Waals surface area contributed by atoms with Gasteiger partial charge in [-0.25, -0.2) is 10.1 Å². The second-order valence-electron chi connectivity index (χ2n) is 3.05. The number of anilines is 1. The molecule has 0 aromatic heterocycles. The van der Waals surface area contributed by atoms with Crippen LogP contribution in [0.4, 0.5) is 5.69 Å². The van der Waals surface area contributed by atoms with Crippen LogP contribution in [-0.4, -0.2) is 10.1 Å². The van der Waals surface area contributed by atoms with Crippen molar-refractivity contribution in [1.29, 1.82) is 0 Å². The van der Waals surface area contributed by atoms with Gasteiger partial charge in [0.1, 0.15) is 5.69 Å². The fourth-order valence-electron chi connectivity index (χ4n) is 1.44. The highest BCUT2D eigenvalue weighted by Crippen LogP contribution is 2.32. The minimum absolute atomic E-state index is 0.0960. The lowest BCUT2D eigenvalue weighted by atomic mass is 10.1. The lowest BCUT2D eigenvalue weighted by Gasteiger charge is -2.04. The standard InChI is InChI=1S/C10H8N2O3/c13-10-8-4-2-1-3-7(8)5-6-9(10)11-12(14)15/h1-6,11,13H. The third-order valence-electron chi connectivity index (χ3n) is 2.11. The minimum Gasteiger partial charge on any atom is -0.505 e. The molecule has 0 bridgehead atoms. The molecule has 2 aromatic rings. The summed E-state index contributed by atoms with van der Waals surface area (Å²) in [6.07, 6.45) is 0. The zero-order chi connectivity index (χ0) is 10.8. The van der Waals surface area contributed by atoms with E-state index in [1.54, 1.807) is 18.2 Å². The molecule has 2 rings (SSSR count). The highest BCUT2D eigenvalue weighted by molar-refractivity contribution is 5.92. The van der Waals surface area contributed by atoms with Gasteiger partial charge in [0, 0.05) is 5.39 Å². The molecular weight excluding hydrogens is 196 g/mol. The van der Waals surface area contributed by atoms with Crippen LogP contribution in [0.3, 0.4) is 0 Å². The van der Waals surface area contributed by atoms with Crippen molar-refractivity contribution in [3.05, 3.63) is 46.5 Å². The summed E-state index contributed by atoms with van der Waals surface area (Å²) in [5, 5.41) is 20.7. The molecule has 0 saturated carbocycles. The quantitative estimate of drug-likeness (QED) is 0.446. The first-order chi connectivity index (χ1) is 7.18. The molecule has 2 aromatic carbocycles. The molecule has 0 heterocycles. The van der Waals surface area contributed by atoms with Crippen LogP contribution in [0.5, 0.6) is 5.75 Å². The van der Waals surface area contributed by atoms with E-state index in [9.17, 15) is 15.2 Å². The van der Waals surface area contributed by atoms with Gasteiger partial charge in [0.15, 0.2) is 10.8 Å². The molecule has 0 aliphatic rings. The minimum atomic E-state index is -0.705. The van der Waals surface area contributed by atoms with Gasteiger partial charge in [-0.1, -0.05) is 30.3 Å². The lowest BCUT2D eigenvalue weighted by molar-refractivity contribution is -0.445. The number of hydrogen-bond donors (Lipinski definition) is 2. The molecule has 0 amide bonds. The molecule has 0 atom stereocenters. The predicted molar refractivity (Wildman–Crippen MR) is 56.2 cm³/mol. The Morgan fingerprint density at radius 2 is 1.93 bits per heavy atom. The first-order valence-corrected chi connectivity index (χ1v) is 4.30. The molecule has 2 N–H and O–H groups in total. The number of nitrogens with zero attached hydrogens (tertiary/aromatic N) is 1. The van der Waals surface area contributed by atoms with Gasteiger partial charge in [-0.05, 0) is 11.5 Å². The molecule has 0 fully saturated rings. The fourth-order valence-corrected chi connectivity index (χ4v) is 1.44. The molecule has 0 aliphatic carbocycles. The number of fused-ring (bicyclic) bond motifs is 1. The van der Waals surface area contributed by atoms with Crippen LogP contribution in [0.25, 0.3) is 10.8 Å². The van der Waals surface area contributed by atoms with Crippen LogP contribution in [0, 0.1) is 10.1 Å². The summed E-state index contributed by atoms with van der Waals surface area (Å²) >= 11 is 0. The maximum Gasteiger partial charge on any atom is 0.162 e. The van der Waals surface area contributed by atoms with Crippen LogP contribution in [-0.2, 0) is 0 Å². The monoisotopic (exact) mass is 204 g/mol. The normalized spacial score (nSPS) is 10.1. The second-order valence-corrected chi connectivity index (χ2v) is 3.05. The van der Waals surface area contributed by atoms with Gasteiger partial charge in [0.2, 0.25) is 0 Å². The van der Waals surface area contributed by atoms with Gasteiger partial charge in [-0.3, -0.25) is 0 Å². The van der Waals surface area contributed by atoms with Gasteiger partial charge >= 0.3 is 0 Å². The molecule has 0 aliphatic heterocycles. The van der Waals surface area contributed by atoms with Gasteiger partial charge in [0.05, 0.1) is 0 Å². The average molecular weight is 204 g/mol. The third-order valence-corrected chi connectivity index (χ3v) is 2.11. The largest absolute Gasteiger partial charge is 0.505 e. The Morgan fingerprint density at radius 1 is 1.20 bits per heavy atom. The number of phenols is 1. The van der Waals surface area contributed by atoms with E-state index in [4.69, 9.17) is 0 Å². The molecule has 5 heteroatoms. The van der Waals surface area contributed by atoms with Crippen molar-refractivity contribution >= 4 is 16.5 Å². The van der Waals surface area contributed by atoms with E-state index in [0.29, 0.717) is 5.39 Å². The Hall–Kier alpha value is -2.30. The highest BCUT2D eigenvalue weighted by atomic mass is 16.7. The van der Waals surface area contributed by atoms with Crippen molar-refractivity contribution in [3.63, 3.8) is 0 Å². The molecule has 0 radical (unpaired) electrons. The summed E-state index contributed by atoms with van der Waals surface area (Å²) in [5.41, 5.74) is 2.03. The van der Waals surface area contributed by atoms with Crippen LogP contribution in [0.15, 0.2) is 36.4 Å². The zero-order valence-electron chi connectivity index (χ0n) is 7.68. The Morgan fingerprint density at radius 3 is 2.67 bits per heavy atom. The number of rotatable bonds is 2. The molecule has 0 unspecified atom stereocenters. The van der Waals surface area contributed by atoms with E-state index in [1.165, 1.54) is 6.07 Å². The smallest absolute Gasteiger partial charge is 0.162 e. The van der Waals surface area contributed by atoms with Gasteiger partial charge < -0.3 is 5.11 Å². The Balaban J connectivity index is 2.59. The second kappa shape index (κ2) is 3.45. The SMILES string of the molecule is O=[N+]([O-])Nc1ccc2ccccc2c1O. The van der Waals surface area contributed by atoms with E-state index < -0.39 is 5.03 Å². The summed E-state index contributed by atoms with van der Waals surface area (Å²) in [6.45, 7) is 0. The van der Waals surface area contributed by atoms with Crippen molar-refractivity contribution in [2.24, 2.45) is 0 Å². The third kappa shape index (κ3) is 1.67. The van der Waals surface area contributed by atoms with Crippen LogP contribution >= 0.6 is 0 Å². The average Bonchev–Trinajstić information content (AvgIpc) is 2.22. The molecule has 0 spiro atoms. The number of hydrazine groups is 1. The fraction of sp³-hybridized carbons (Fsp3) is 0. The van der Waals surface area contributed by atoms with Crippen LogP contribution in [0.2, 0.25) is 0 Å². The van der Waals surface area contributed by atoms with Crippen LogP contribution < -0.4 is 5.43 Å². The van der Waals surface area contributed by atoms with E-state index >= 15 is 0 Å². The first kappa shape index (κ1) is 9.26. The molecular formula is C10H8N2O3. The van der Waals surface area contributed by atoms with Crippen molar-refractivity contribution in [2.45, 2.75) is 0 Å². The number of hydrogen-bond acceptors (Lipinski definition) is 3. The predicted octanol–water partition coefficient (Wildman–Crippen LogP) is 2.15. The molecule has 0 saturated heterocycles. The van der Waals surface area contributed by atoms with Crippen molar-refractivity contribution in [2.75, 3.05) is 5.43 Å². The van der Waals surface area contributed by atoms with E-state index in [-0.39, 0.29) is 11.4 Å². The van der Waals surface area contributed by atoms with Gasteiger partial charge in [0.25, 0.3) is 0 Å². The zero-order valence-corrected chi connectivity index (χ0v) is 7.68. The number of benzene rings is 2. The summed E-state index contributed by atoms with van der Waals surface area (Å²) in [6, 6.07) is 10.3. The maximum atomic E-state index is 10.2. The molecule has 5 nitrogen and oxygen atoms in total. The summed E-state index contributed by atoms with van der Waals surface area (Å²) in [5.74, 6) is -0.107. The molecule has 15 heavy (non-hydrogen) atoms. The van der Waals surface area contributed by atoms with Gasteiger partial charge in [-0.15, -0.1) is 5.43 Å². The first-order valence-electron chi connectivity index (χ1n) is 4.30. The number of phenolic OH excluding ortho intramolecular Hbond substituents is 1. The summed E-state index contributed by atoms with van der Waals surface area (Å²) < 4.78 is 0. The van der Waals surface area contributed by atoms with Crippen molar-refractivity contribution in [1.82, 2.24) is 0 Å². The van der Waals surface area contributed by atoms with Crippen LogP contribution in [0.1, 0.15) is 0 Å². The van der Waals surface area contributed by atoms with E-state index in [0.717, 1.165) is 5.39 Å². The Kier molecular flexibility index (Phi) is 2.13. The van der Waals surface area contributed by atoms with Crippen molar-refractivity contribution < 1.29 is 10.1 Å². The topological polar surface area (TPSA) is 75.4 Å². The summed E-state index contributed by atoms with van der Waals surface area (Å²) in [7, 11) is 0.